The van der Waals surface area contributed by atoms with Crippen molar-refractivity contribution in [2.75, 3.05) is 18.5 Å². The van der Waals surface area contributed by atoms with Crippen LogP contribution in [0.5, 0.6) is 0 Å². The van der Waals surface area contributed by atoms with Crippen molar-refractivity contribution in [2.45, 2.75) is 19.6 Å². The van der Waals surface area contributed by atoms with Gasteiger partial charge in [-0.15, -0.1) is 10.2 Å². The lowest BCUT2D eigenvalue weighted by Crippen LogP contribution is -2.53. The van der Waals surface area contributed by atoms with Gasteiger partial charge in [0.2, 0.25) is 5.13 Å². The van der Waals surface area contributed by atoms with Gasteiger partial charge in [0.15, 0.2) is 0 Å². The molecule has 15 heavy (non-hydrogen) atoms. The minimum absolute atomic E-state index is 0.232. The molecule has 2 amide bonds. The van der Waals surface area contributed by atoms with E-state index in [0.717, 1.165) is 5.01 Å². The molecule has 0 spiro atoms. The molecule has 1 aromatic rings. The van der Waals surface area contributed by atoms with E-state index in [9.17, 15) is 9.90 Å². The van der Waals surface area contributed by atoms with Crippen molar-refractivity contribution >= 4 is 22.5 Å². The van der Waals surface area contributed by atoms with Crippen LogP contribution in [0.25, 0.3) is 0 Å². The van der Waals surface area contributed by atoms with E-state index >= 15 is 0 Å². The Labute approximate surface area is 91.1 Å². The summed E-state index contributed by atoms with van der Waals surface area (Å²) in [6.45, 7) is 2.37. The Kier molecular flexibility index (Phi) is 2.57. The third-order valence-electron chi connectivity index (χ3n) is 2.27. The summed E-state index contributed by atoms with van der Waals surface area (Å²) in [4.78, 5) is 14.6. The van der Waals surface area contributed by atoms with Gasteiger partial charge in [-0.1, -0.05) is 11.3 Å². The van der Waals surface area contributed by atoms with E-state index in [1.54, 1.807) is 11.9 Å². The number of carbonyl (C=O) groups excluding carboxylic acids is 1. The van der Waals surface area contributed by atoms with E-state index < -0.39 is 6.23 Å². The van der Waals surface area contributed by atoms with Crippen LogP contribution in [0.1, 0.15) is 11.4 Å². The first kappa shape index (κ1) is 10.3. The number of rotatable bonds is 1. The second-order valence-corrected chi connectivity index (χ2v) is 4.61. The van der Waals surface area contributed by atoms with Crippen LogP contribution in [0.3, 0.4) is 0 Å². The van der Waals surface area contributed by atoms with Crippen LogP contribution in [0.4, 0.5) is 9.93 Å². The van der Waals surface area contributed by atoms with Crippen LogP contribution in [0, 0.1) is 6.92 Å². The second-order valence-electron chi connectivity index (χ2n) is 3.45. The maximum absolute atomic E-state index is 11.8. The predicted octanol–water partition coefficient (Wildman–Crippen LogP) is 0.427. The first-order chi connectivity index (χ1) is 7.09. The molecule has 2 heterocycles. The second kappa shape index (κ2) is 3.74. The zero-order valence-corrected chi connectivity index (χ0v) is 9.36. The average molecular weight is 228 g/mol. The Morgan fingerprint density at radius 3 is 2.87 bits per heavy atom. The predicted molar refractivity (Wildman–Crippen MR) is 55.8 cm³/mol. The van der Waals surface area contributed by atoms with Crippen molar-refractivity contribution in [1.29, 1.82) is 0 Å². The van der Waals surface area contributed by atoms with E-state index in [1.165, 1.54) is 16.2 Å². The fraction of sp³-hybridized carbons (Fsp3) is 0.625. The van der Waals surface area contributed by atoms with Gasteiger partial charge in [0.25, 0.3) is 0 Å². The lowest BCUT2D eigenvalue weighted by molar-refractivity contribution is 0.116. The molecule has 1 fully saturated rings. The third-order valence-corrected chi connectivity index (χ3v) is 3.11. The van der Waals surface area contributed by atoms with E-state index in [4.69, 9.17) is 0 Å². The minimum atomic E-state index is -0.791. The lowest BCUT2D eigenvalue weighted by Gasteiger charge is -2.35. The van der Waals surface area contributed by atoms with Gasteiger partial charge < -0.3 is 10.0 Å². The fourth-order valence-corrected chi connectivity index (χ4v) is 2.16. The lowest BCUT2D eigenvalue weighted by atomic mass is 10.3. The molecule has 0 aliphatic carbocycles. The van der Waals surface area contributed by atoms with Gasteiger partial charge in [-0.2, -0.15) is 0 Å². The highest BCUT2D eigenvalue weighted by atomic mass is 32.1. The van der Waals surface area contributed by atoms with E-state index in [-0.39, 0.29) is 6.03 Å². The van der Waals surface area contributed by atoms with Crippen LogP contribution in [-0.4, -0.2) is 46.1 Å². The molecule has 6 nitrogen and oxygen atoms in total. The summed E-state index contributed by atoms with van der Waals surface area (Å²) >= 11 is 1.30. The van der Waals surface area contributed by atoms with E-state index in [0.29, 0.717) is 18.1 Å². The summed E-state index contributed by atoms with van der Waals surface area (Å²) in [6.07, 6.45) is -0.262. The molecular formula is C8H12N4O2S. The number of aromatic nitrogens is 2. The highest BCUT2D eigenvalue weighted by Gasteiger charge is 2.33. The van der Waals surface area contributed by atoms with Crippen LogP contribution >= 0.6 is 11.3 Å². The first-order valence-corrected chi connectivity index (χ1v) is 5.43. The van der Waals surface area contributed by atoms with Crippen molar-refractivity contribution in [1.82, 2.24) is 15.1 Å². The first-order valence-electron chi connectivity index (χ1n) is 4.62. The summed E-state index contributed by atoms with van der Waals surface area (Å²) in [5.74, 6) is 0. The number of amides is 2. The number of aliphatic hydroxyl groups excluding tert-OH is 1. The Morgan fingerprint density at radius 2 is 2.27 bits per heavy atom. The van der Waals surface area contributed by atoms with Crippen molar-refractivity contribution in [2.24, 2.45) is 0 Å². The number of anilines is 1. The Bertz CT molecular complexity index is 380. The van der Waals surface area contributed by atoms with E-state index in [2.05, 4.69) is 10.2 Å². The Hall–Kier alpha value is -1.21. The van der Waals surface area contributed by atoms with Crippen molar-refractivity contribution < 1.29 is 9.90 Å². The average Bonchev–Trinajstić information content (AvgIpc) is 2.59. The third kappa shape index (κ3) is 1.80. The largest absolute Gasteiger partial charge is 0.373 e. The van der Waals surface area contributed by atoms with E-state index in [1.807, 2.05) is 6.92 Å². The van der Waals surface area contributed by atoms with Gasteiger partial charge in [0.05, 0.1) is 0 Å². The van der Waals surface area contributed by atoms with Crippen LogP contribution in [0.15, 0.2) is 0 Å². The summed E-state index contributed by atoms with van der Waals surface area (Å²) < 4.78 is 0. The molecule has 1 aliphatic rings. The molecule has 1 unspecified atom stereocenters. The summed E-state index contributed by atoms with van der Waals surface area (Å²) in [5, 5.41) is 18.7. The molecule has 7 heteroatoms. The molecular weight excluding hydrogens is 216 g/mol. The highest BCUT2D eigenvalue weighted by molar-refractivity contribution is 7.15. The molecule has 1 atom stereocenters. The summed E-state index contributed by atoms with van der Waals surface area (Å²) in [5.41, 5.74) is 0. The molecule has 0 radical (unpaired) electrons. The summed E-state index contributed by atoms with van der Waals surface area (Å²) in [6, 6.07) is -0.232. The van der Waals surface area contributed by atoms with Gasteiger partial charge in [-0.25, -0.2) is 9.69 Å². The molecule has 1 aromatic heterocycles. The number of hydrogen-bond acceptors (Lipinski definition) is 5. The van der Waals surface area contributed by atoms with Gasteiger partial charge in [0, 0.05) is 20.0 Å². The molecule has 0 saturated carbocycles. The number of urea groups is 1. The molecule has 2 rings (SSSR count). The highest BCUT2D eigenvalue weighted by Crippen LogP contribution is 2.25. The van der Waals surface area contributed by atoms with Crippen molar-refractivity contribution in [3.05, 3.63) is 5.01 Å². The minimum Gasteiger partial charge on any atom is -0.373 e. The molecule has 1 saturated heterocycles. The molecule has 1 N–H and O–H groups in total. The smallest absolute Gasteiger partial charge is 0.328 e. The van der Waals surface area contributed by atoms with Crippen LogP contribution in [0.2, 0.25) is 0 Å². The topological polar surface area (TPSA) is 69.6 Å². The number of hydrogen-bond donors (Lipinski definition) is 1. The maximum Gasteiger partial charge on any atom is 0.328 e. The monoisotopic (exact) mass is 228 g/mol. The zero-order chi connectivity index (χ0) is 11.0. The Balaban J connectivity index is 2.29. The molecule has 0 bridgehead atoms. The van der Waals surface area contributed by atoms with Crippen LogP contribution < -0.4 is 4.90 Å². The molecule has 0 aromatic carbocycles. The zero-order valence-electron chi connectivity index (χ0n) is 8.54. The van der Waals surface area contributed by atoms with Crippen molar-refractivity contribution in [3.63, 3.8) is 0 Å². The molecule has 1 aliphatic heterocycles. The van der Waals surface area contributed by atoms with Gasteiger partial charge in [-0.3, -0.25) is 0 Å². The summed E-state index contributed by atoms with van der Waals surface area (Å²) in [7, 11) is 1.70. The maximum atomic E-state index is 11.8. The standard InChI is InChI=1S/C8H12N4O2S/c1-5-9-10-7(15-5)12-6(13)3-4-11(2)8(12)14/h6,13H,3-4H2,1-2H3. The SMILES string of the molecule is Cc1nnc(N2C(=O)N(C)CCC2O)s1. The quantitative estimate of drug-likeness (QED) is 0.756. The van der Waals surface area contributed by atoms with Gasteiger partial charge >= 0.3 is 6.03 Å². The normalized spacial score (nSPS) is 22.3. The number of aliphatic hydroxyl groups is 1. The number of aryl methyl sites for hydroxylation is 1. The number of carbonyl (C=O) groups is 1. The fourth-order valence-electron chi connectivity index (χ4n) is 1.44. The van der Waals surface area contributed by atoms with Gasteiger partial charge in [-0.05, 0) is 6.92 Å². The van der Waals surface area contributed by atoms with Crippen LogP contribution in [-0.2, 0) is 0 Å². The van der Waals surface area contributed by atoms with Crippen molar-refractivity contribution in [3.8, 4) is 0 Å². The van der Waals surface area contributed by atoms with Gasteiger partial charge in [0.1, 0.15) is 11.2 Å². The Morgan fingerprint density at radius 1 is 1.53 bits per heavy atom. The number of nitrogens with zero attached hydrogens (tertiary/aromatic N) is 4. The molecule has 82 valence electrons.